The second-order valence-corrected chi connectivity index (χ2v) is 4.39. The number of aryl methyl sites for hydroxylation is 1. The van der Waals surface area contributed by atoms with Gasteiger partial charge in [-0.05, 0) is 42.3 Å². The van der Waals surface area contributed by atoms with Gasteiger partial charge >= 0.3 is 0 Å². The topological polar surface area (TPSA) is 47.0 Å². The number of anilines is 2. The average molecular weight is 284 g/mol. The summed E-state index contributed by atoms with van der Waals surface area (Å²) < 4.78 is 5.19. The van der Waals surface area contributed by atoms with Crippen LogP contribution < -0.4 is 10.1 Å². The molecular weight excluding hydrogens is 273 g/mol. The molecule has 94 valence electrons. The molecule has 0 atom stereocenters. The second kappa shape index (κ2) is 5.42. The molecular formula is C12H11Cl2N3O. The molecule has 1 aromatic carbocycles. The van der Waals surface area contributed by atoms with Crippen LogP contribution in [0.3, 0.4) is 0 Å². The summed E-state index contributed by atoms with van der Waals surface area (Å²) in [6.07, 6.45) is 1.45. The number of ether oxygens (including phenoxy) is 1. The zero-order chi connectivity index (χ0) is 13.1. The van der Waals surface area contributed by atoms with Gasteiger partial charge in [0.25, 0.3) is 0 Å². The van der Waals surface area contributed by atoms with Crippen molar-refractivity contribution in [2.45, 2.75) is 6.92 Å². The summed E-state index contributed by atoms with van der Waals surface area (Å²) in [5.74, 6) is 1.30. The fraction of sp³-hybridized carbons (Fsp3) is 0.167. The summed E-state index contributed by atoms with van der Waals surface area (Å²) in [6.45, 7) is 1.96. The second-order valence-electron chi connectivity index (χ2n) is 3.64. The summed E-state index contributed by atoms with van der Waals surface area (Å²) in [5.41, 5.74) is 1.86. The van der Waals surface area contributed by atoms with Crippen LogP contribution in [0.1, 0.15) is 5.56 Å². The molecule has 0 saturated carbocycles. The van der Waals surface area contributed by atoms with Gasteiger partial charge in [-0.1, -0.05) is 11.6 Å². The lowest BCUT2D eigenvalue weighted by atomic mass is 10.2. The Kier molecular flexibility index (Phi) is 3.89. The minimum Gasteiger partial charge on any atom is -0.496 e. The quantitative estimate of drug-likeness (QED) is 0.870. The number of methoxy groups -OCH3 is 1. The van der Waals surface area contributed by atoms with Gasteiger partial charge in [-0.2, -0.15) is 4.98 Å². The highest BCUT2D eigenvalue weighted by Crippen LogP contribution is 2.27. The van der Waals surface area contributed by atoms with Crippen LogP contribution in [0.2, 0.25) is 10.3 Å². The first-order valence-corrected chi connectivity index (χ1v) is 5.95. The lowest BCUT2D eigenvalue weighted by molar-refractivity contribution is 0.412. The molecule has 0 radical (unpaired) electrons. The lowest BCUT2D eigenvalue weighted by Crippen LogP contribution is -1.97. The van der Waals surface area contributed by atoms with Crippen molar-refractivity contribution in [2.24, 2.45) is 0 Å². The fourth-order valence-electron chi connectivity index (χ4n) is 1.53. The molecule has 0 unspecified atom stereocenters. The molecule has 1 heterocycles. The molecule has 1 N–H and O–H groups in total. The molecule has 0 saturated heterocycles. The van der Waals surface area contributed by atoms with E-state index in [2.05, 4.69) is 15.3 Å². The first kappa shape index (κ1) is 12.9. The number of benzene rings is 1. The van der Waals surface area contributed by atoms with E-state index in [1.807, 2.05) is 25.1 Å². The van der Waals surface area contributed by atoms with Crippen molar-refractivity contribution in [1.82, 2.24) is 9.97 Å². The number of aromatic nitrogens is 2. The first-order valence-electron chi connectivity index (χ1n) is 5.20. The molecule has 0 bridgehead atoms. The number of nitrogens with one attached hydrogen (secondary N) is 1. The van der Waals surface area contributed by atoms with Crippen LogP contribution in [-0.4, -0.2) is 17.1 Å². The first-order chi connectivity index (χ1) is 8.60. The maximum absolute atomic E-state index is 5.97. The molecule has 0 spiro atoms. The Bertz CT molecular complexity index is 575. The van der Waals surface area contributed by atoms with Gasteiger partial charge in [0.05, 0.1) is 13.3 Å². The molecule has 2 rings (SSSR count). The van der Waals surface area contributed by atoms with Gasteiger partial charge in [-0.25, -0.2) is 4.98 Å². The van der Waals surface area contributed by atoms with Crippen molar-refractivity contribution in [1.29, 1.82) is 0 Å². The molecule has 0 fully saturated rings. The lowest BCUT2D eigenvalue weighted by Gasteiger charge is -2.10. The average Bonchev–Trinajstić information content (AvgIpc) is 2.34. The molecule has 0 amide bonds. The minimum absolute atomic E-state index is 0.145. The number of nitrogens with zero attached hydrogens (tertiary/aromatic N) is 2. The van der Waals surface area contributed by atoms with E-state index in [4.69, 9.17) is 27.9 Å². The summed E-state index contributed by atoms with van der Waals surface area (Å²) in [5, 5.41) is 3.64. The van der Waals surface area contributed by atoms with Gasteiger partial charge in [0.1, 0.15) is 10.8 Å². The Morgan fingerprint density at radius 2 is 2.06 bits per heavy atom. The molecule has 2 aromatic rings. The summed E-state index contributed by atoms with van der Waals surface area (Å²) in [7, 11) is 1.64. The maximum atomic E-state index is 5.97. The van der Waals surface area contributed by atoms with Crippen LogP contribution in [0.5, 0.6) is 5.75 Å². The highest BCUT2D eigenvalue weighted by molar-refractivity contribution is 6.33. The Morgan fingerprint density at radius 1 is 1.28 bits per heavy atom. The van der Waals surface area contributed by atoms with Crippen molar-refractivity contribution in [3.8, 4) is 5.75 Å². The fourth-order valence-corrected chi connectivity index (χ4v) is 1.80. The minimum atomic E-state index is 0.145. The van der Waals surface area contributed by atoms with E-state index in [-0.39, 0.29) is 5.28 Å². The molecule has 1 aromatic heterocycles. The molecule has 4 nitrogen and oxygen atoms in total. The number of hydrogen-bond acceptors (Lipinski definition) is 4. The van der Waals surface area contributed by atoms with Crippen molar-refractivity contribution in [3.05, 3.63) is 40.3 Å². The van der Waals surface area contributed by atoms with Crippen LogP contribution in [0.15, 0.2) is 24.4 Å². The van der Waals surface area contributed by atoms with Gasteiger partial charge < -0.3 is 10.1 Å². The van der Waals surface area contributed by atoms with Crippen LogP contribution >= 0.6 is 23.2 Å². The Labute approximate surface area is 115 Å². The highest BCUT2D eigenvalue weighted by atomic mass is 35.5. The molecule has 18 heavy (non-hydrogen) atoms. The third-order valence-electron chi connectivity index (χ3n) is 2.37. The van der Waals surface area contributed by atoms with Gasteiger partial charge in [-0.15, -0.1) is 0 Å². The van der Waals surface area contributed by atoms with Crippen LogP contribution in [0.4, 0.5) is 11.5 Å². The van der Waals surface area contributed by atoms with Crippen LogP contribution in [-0.2, 0) is 0 Å². The van der Waals surface area contributed by atoms with Crippen LogP contribution in [0.25, 0.3) is 0 Å². The summed E-state index contributed by atoms with van der Waals surface area (Å²) in [6, 6.07) is 5.68. The zero-order valence-electron chi connectivity index (χ0n) is 9.87. The summed E-state index contributed by atoms with van der Waals surface area (Å²) in [4.78, 5) is 7.81. The Balaban J connectivity index is 2.28. The van der Waals surface area contributed by atoms with Crippen LogP contribution in [0, 0.1) is 6.92 Å². The monoisotopic (exact) mass is 283 g/mol. The van der Waals surface area contributed by atoms with Gasteiger partial charge in [0.15, 0.2) is 5.82 Å². The predicted octanol–water partition coefficient (Wildman–Crippen LogP) is 3.84. The largest absolute Gasteiger partial charge is 0.496 e. The van der Waals surface area contributed by atoms with Crippen molar-refractivity contribution in [3.63, 3.8) is 0 Å². The van der Waals surface area contributed by atoms with Crippen molar-refractivity contribution in [2.75, 3.05) is 12.4 Å². The number of halogens is 2. The normalized spacial score (nSPS) is 10.2. The third-order valence-corrected chi connectivity index (χ3v) is 2.83. The number of rotatable bonds is 3. The molecule has 6 heteroatoms. The van der Waals surface area contributed by atoms with Gasteiger partial charge in [0.2, 0.25) is 5.28 Å². The predicted molar refractivity (Wildman–Crippen MR) is 73.1 cm³/mol. The van der Waals surface area contributed by atoms with E-state index in [1.54, 1.807) is 7.11 Å². The number of hydrogen-bond donors (Lipinski definition) is 1. The molecule has 0 aliphatic carbocycles. The van der Waals surface area contributed by atoms with Gasteiger partial charge in [0, 0.05) is 5.69 Å². The molecule has 0 aliphatic rings. The van der Waals surface area contributed by atoms with Gasteiger partial charge in [-0.3, -0.25) is 0 Å². The summed E-state index contributed by atoms with van der Waals surface area (Å²) >= 11 is 11.7. The Hall–Kier alpha value is -1.52. The van der Waals surface area contributed by atoms with E-state index in [9.17, 15) is 0 Å². The van der Waals surface area contributed by atoms with E-state index in [0.717, 1.165) is 17.0 Å². The SMILES string of the molecule is COc1ccc(Nc2nc(Cl)ncc2Cl)cc1C. The van der Waals surface area contributed by atoms with Crippen molar-refractivity contribution < 1.29 is 4.74 Å². The van der Waals surface area contributed by atoms with E-state index in [0.29, 0.717) is 10.8 Å². The smallest absolute Gasteiger partial charge is 0.224 e. The van der Waals surface area contributed by atoms with Crippen molar-refractivity contribution >= 4 is 34.7 Å². The van der Waals surface area contributed by atoms with E-state index < -0.39 is 0 Å². The third kappa shape index (κ3) is 2.83. The standard InChI is InChI=1S/C12H11Cl2N3O/c1-7-5-8(3-4-10(7)18-2)16-11-9(13)6-15-12(14)17-11/h3-6H,1-2H3,(H,15,16,17). The maximum Gasteiger partial charge on any atom is 0.224 e. The zero-order valence-corrected chi connectivity index (χ0v) is 11.4. The Morgan fingerprint density at radius 3 is 2.72 bits per heavy atom. The van der Waals surface area contributed by atoms with E-state index in [1.165, 1.54) is 6.20 Å². The highest BCUT2D eigenvalue weighted by Gasteiger charge is 2.06. The van der Waals surface area contributed by atoms with E-state index >= 15 is 0 Å². The molecule has 0 aliphatic heterocycles.